The topological polar surface area (TPSA) is 43.0 Å². The van der Waals surface area contributed by atoms with Crippen molar-refractivity contribution in [1.29, 1.82) is 0 Å². The van der Waals surface area contributed by atoms with E-state index in [0.29, 0.717) is 6.79 Å². The Hall–Kier alpha value is -1.46. The lowest BCUT2D eigenvalue weighted by molar-refractivity contribution is 0.172. The summed E-state index contributed by atoms with van der Waals surface area (Å²) in [5.74, 6) is 2.57. The highest BCUT2D eigenvalue weighted by Gasteiger charge is 2.22. The summed E-state index contributed by atoms with van der Waals surface area (Å²) in [6.45, 7) is 5.69. The van der Waals surface area contributed by atoms with Crippen LogP contribution in [-0.4, -0.2) is 51.5 Å². The molecule has 5 nitrogen and oxygen atoms in total. The van der Waals surface area contributed by atoms with E-state index in [4.69, 9.17) is 14.2 Å². The van der Waals surface area contributed by atoms with E-state index in [0.717, 1.165) is 62.0 Å². The van der Waals surface area contributed by atoms with Gasteiger partial charge in [-0.2, -0.15) is 0 Å². The largest absolute Gasteiger partial charge is 0.496 e. The van der Waals surface area contributed by atoms with Crippen LogP contribution < -0.4 is 19.5 Å². The Kier molecular flexibility index (Phi) is 3.75. The fourth-order valence-electron chi connectivity index (χ4n) is 2.64. The molecular formula is C14H20N2O3. The maximum Gasteiger partial charge on any atom is 0.231 e. The van der Waals surface area contributed by atoms with Gasteiger partial charge in [0.15, 0.2) is 11.5 Å². The number of ether oxygens (including phenoxy) is 3. The summed E-state index contributed by atoms with van der Waals surface area (Å²) in [6.07, 6.45) is 0.926. The number of nitrogens with one attached hydrogen (secondary N) is 1. The molecule has 2 heterocycles. The van der Waals surface area contributed by atoms with Crippen LogP contribution in [0.4, 0.5) is 0 Å². The number of hydrogen-bond donors (Lipinski definition) is 1. The number of rotatable bonds is 4. The van der Waals surface area contributed by atoms with Gasteiger partial charge in [0.25, 0.3) is 0 Å². The molecule has 0 aromatic heterocycles. The van der Waals surface area contributed by atoms with E-state index in [-0.39, 0.29) is 0 Å². The van der Waals surface area contributed by atoms with E-state index < -0.39 is 0 Å². The smallest absolute Gasteiger partial charge is 0.231 e. The molecule has 1 aromatic carbocycles. The zero-order valence-corrected chi connectivity index (χ0v) is 11.3. The predicted octanol–water partition coefficient (Wildman–Crippen LogP) is 0.872. The van der Waals surface area contributed by atoms with Gasteiger partial charge >= 0.3 is 0 Å². The van der Waals surface area contributed by atoms with Gasteiger partial charge in [0.1, 0.15) is 5.75 Å². The highest BCUT2D eigenvalue weighted by atomic mass is 16.7. The fraction of sp³-hybridized carbons (Fsp3) is 0.571. The summed E-state index contributed by atoms with van der Waals surface area (Å²) in [4.78, 5) is 2.46. The van der Waals surface area contributed by atoms with Gasteiger partial charge in [-0.3, -0.25) is 0 Å². The number of nitrogens with zero attached hydrogens (tertiary/aromatic N) is 1. The van der Waals surface area contributed by atoms with Crippen molar-refractivity contribution in [3.63, 3.8) is 0 Å². The average molecular weight is 264 g/mol. The molecule has 2 aliphatic rings. The van der Waals surface area contributed by atoms with Crippen LogP contribution >= 0.6 is 0 Å². The predicted molar refractivity (Wildman–Crippen MR) is 72.1 cm³/mol. The Morgan fingerprint density at radius 2 is 2.11 bits per heavy atom. The lowest BCUT2D eigenvalue weighted by Crippen LogP contribution is -2.44. The van der Waals surface area contributed by atoms with Crippen LogP contribution in [-0.2, 0) is 6.42 Å². The maximum absolute atomic E-state index is 5.58. The summed E-state index contributed by atoms with van der Waals surface area (Å²) in [5.41, 5.74) is 1.12. The standard InChI is InChI=1S/C14H20N2O3/c1-17-12-2-3-13-14(19-10-18-13)11(12)4-7-16-8-5-15-6-9-16/h2-3,15H,4-10H2,1H3. The Morgan fingerprint density at radius 3 is 2.89 bits per heavy atom. The first-order valence-corrected chi connectivity index (χ1v) is 6.77. The zero-order valence-electron chi connectivity index (χ0n) is 11.3. The van der Waals surface area contributed by atoms with Gasteiger partial charge in [0.2, 0.25) is 6.79 Å². The number of piperazine rings is 1. The maximum atomic E-state index is 5.58. The van der Waals surface area contributed by atoms with E-state index in [1.165, 1.54) is 0 Å². The van der Waals surface area contributed by atoms with Crippen molar-refractivity contribution >= 4 is 0 Å². The highest BCUT2D eigenvalue weighted by Crippen LogP contribution is 2.40. The van der Waals surface area contributed by atoms with Crippen LogP contribution in [0.1, 0.15) is 5.56 Å². The Bertz CT molecular complexity index is 445. The molecule has 0 spiro atoms. The molecule has 0 unspecified atom stereocenters. The quantitative estimate of drug-likeness (QED) is 0.874. The molecule has 0 saturated carbocycles. The summed E-state index contributed by atoms with van der Waals surface area (Å²) in [6, 6.07) is 3.87. The van der Waals surface area contributed by atoms with Gasteiger partial charge in [-0.1, -0.05) is 0 Å². The van der Waals surface area contributed by atoms with E-state index in [9.17, 15) is 0 Å². The SMILES string of the molecule is COc1ccc2c(c1CCN1CCNCC1)OCO2. The van der Waals surface area contributed by atoms with Crippen LogP contribution in [0, 0.1) is 0 Å². The Balaban J connectivity index is 1.73. The van der Waals surface area contributed by atoms with Gasteiger partial charge in [-0.05, 0) is 18.6 Å². The van der Waals surface area contributed by atoms with Gasteiger partial charge in [-0.25, -0.2) is 0 Å². The summed E-state index contributed by atoms with van der Waals surface area (Å²) in [7, 11) is 1.70. The number of hydrogen-bond acceptors (Lipinski definition) is 5. The number of fused-ring (bicyclic) bond motifs is 1. The molecule has 1 fully saturated rings. The average Bonchev–Trinajstić information content (AvgIpc) is 2.94. The van der Waals surface area contributed by atoms with Crippen molar-refractivity contribution in [1.82, 2.24) is 10.2 Å². The van der Waals surface area contributed by atoms with Crippen LogP contribution in [0.25, 0.3) is 0 Å². The first-order chi connectivity index (χ1) is 9.38. The van der Waals surface area contributed by atoms with Gasteiger partial charge in [0, 0.05) is 38.3 Å². The monoisotopic (exact) mass is 264 g/mol. The summed E-state index contributed by atoms with van der Waals surface area (Å²) >= 11 is 0. The number of methoxy groups -OCH3 is 1. The molecule has 5 heteroatoms. The summed E-state index contributed by atoms with van der Waals surface area (Å²) in [5, 5.41) is 3.37. The molecule has 0 atom stereocenters. The third kappa shape index (κ3) is 2.62. The van der Waals surface area contributed by atoms with Gasteiger partial charge in [-0.15, -0.1) is 0 Å². The van der Waals surface area contributed by atoms with Gasteiger partial charge in [0.05, 0.1) is 7.11 Å². The molecule has 0 amide bonds. The van der Waals surface area contributed by atoms with Crippen LogP contribution in [0.2, 0.25) is 0 Å². The normalized spacial score (nSPS) is 18.6. The van der Waals surface area contributed by atoms with Crippen molar-refractivity contribution in [2.24, 2.45) is 0 Å². The third-order valence-electron chi connectivity index (χ3n) is 3.71. The van der Waals surface area contributed by atoms with E-state index in [1.807, 2.05) is 12.1 Å². The minimum absolute atomic E-state index is 0.309. The second-order valence-corrected chi connectivity index (χ2v) is 4.82. The summed E-state index contributed by atoms with van der Waals surface area (Å²) < 4.78 is 16.5. The lowest BCUT2D eigenvalue weighted by Gasteiger charge is -2.27. The van der Waals surface area contributed by atoms with E-state index in [1.54, 1.807) is 7.11 Å². The molecule has 104 valence electrons. The minimum Gasteiger partial charge on any atom is -0.496 e. The van der Waals surface area contributed by atoms with Crippen molar-refractivity contribution in [2.45, 2.75) is 6.42 Å². The molecule has 2 aliphatic heterocycles. The second kappa shape index (κ2) is 5.67. The molecule has 0 bridgehead atoms. The molecule has 1 N–H and O–H groups in total. The molecule has 0 radical (unpaired) electrons. The van der Waals surface area contributed by atoms with Crippen LogP contribution in [0.5, 0.6) is 17.2 Å². The highest BCUT2D eigenvalue weighted by molar-refractivity contribution is 5.55. The fourth-order valence-corrected chi connectivity index (χ4v) is 2.64. The van der Waals surface area contributed by atoms with E-state index >= 15 is 0 Å². The second-order valence-electron chi connectivity index (χ2n) is 4.82. The first-order valence-electron chi connectivity index (χ1n) is 6.77. The molecular weight excluding hydrogens is 244 g/mol. The molecule has 3 rings (SSSR count). The minimum atomic E-state index is 0.309. The Labute approximate surface area is 113 Å². The van der Waals surface area contributed by atoms with Gasteiger partial charge < -0.3 is 24.4 Å². The van der Waals surface area contributed by atoms with Crippen molar-refractivity contribution in [2.75, 3.05) is 46.6 Å². The van der Waals surface area contributed by atoms with Crippen LogP contribution in [0.3, 0.4) is 0 Å². The van der Waals surface area contributed by atoms with Crippen molar-refractivity contribution in [3.8, 4) is 17.2 Å². The van der Waals surface area contributed by atoms with E-state index in [2.05, 4.69) is 10.2 Å². The van der Waals surface area contributed by atoms with Crippen LogP contribution in [0.15, 0.2) is 12.1 Å². The molecule has 1 aromatic rings. The third-order valence-corrected chi connectivity index (χ3v) is 3.71. The zero-order chi connectivity index (χ0) is 13.1. The van der Waals surface area contributed by atoms with Crippen molar-refractivity contribution < 1.29 is 14.2 Å². The molecule has 19 heavy (non-hydrogen) atoms. The molecule has 1 saturated heterocycles. The van der Waals surface area contributed by atoms with Crippen molar-refractivity contribution in [3.05, 3.63) is 17.7 Å². The number of benzene rings is 1. The molecule has 0 aliphatic carbocycles. The first kappa shape index (κ1) is 12.6. The Morgan fingerprint density at radius 1 is 1.26 bits per heavy atom. The lowest BCUT2D eigenvalue weighted by atomic mass is 10.1.